The van der Waals surface area contributed by atoms with Gasteiger partial charge in [-0.3, -0.25) is 4.68 Å². The summed E-state index contributed by atoms with van der Waals surface area (Å²) >= 11 is 0. The van der Waals surface area contributed by atoms with Gasteiger partial charge in [0.05, 0.1) is 17.4 Å². The Morgan fingerprint density at radius 3 is 2.69 bits per heavy atom. The molecule has 0 aliphatic rings. The summed E-state index contributed by atoms with van der Waals surface area (Å²) in [6, 6.07) is 0. The van der Waals surface area contributed by atoms with Gasteiger partial charge in [0.1, 0.15) is 5.69 Å². The average Bonchev–Trinajstić information content (AvgIpc) is 2.28. The molecule has 0 fully saturated rings. The SMILES string of the molecule is CCCc1nn(C)c(C(=O)[O-])c1N. The molecule has 0 amide bonds. The number of aromatic nitrogens is 2. The number of aromatic carboxylic acids is 1. The zero-order chi connectivity index (χ0) is 10.0. The van der Waals surface area contributed by atoms with Gasteiger partial charge in [0.15, 0.2) is 0 Å². The maximum absolute atomic E-state index is 10.6. The molecule has 0 spiro atoms. The Balaban J connectivity index is 3.14. The smallest absolute Gasteiger partial charge is 0.107 e. The Kier molecular flexibility index (Phi) is 2.55. The van der Waals surface area contributed by atoms with E-state index in [0.717, 1.165) is 6.42 Å². The van der Waals surface area contributed by atoms with E-state index in [1.807, 2.05) is 6.92 Å². The number of nitrogens with zero attached hydrogens (tertiary/aromatic N) is 2. The molecule has 0 aliphatic heterocycles. The number of carbonyl (C=O) groups is 1. The van der Waals surface area contributed by atoms with E-state index in [9.17, 15) is 9.90 Å². The van der Waals surface area contributed by atoms with Gasteiger partial charge < -0.3 is 15.6 Å². The predicted molar refractivity (Wildman–Crippen MR) is 45.9 cm³/mol. The van der Waals surface area contributed by atoms with Gasteiger partial charge in [0, 0.05) is 7.05 Å². The topological polar surface area (TPSA) is 84.0 Å². The zero-order valence-corrected chi connectivity index (χ0v) is 7.70. The molecular weight excluding hydrogens is 170 g/mol. The third-order valence-electron chi connectivity index (χ3n) is 1.84. The van der Waals surface area contributed by atoms with Crippen molar-refractivity contribution in [2.75, 3.05) is 5.73 Å². The van der Waals surface area contributed by atoms with E-state index in [1.165, 1.54) is 4.68 Å². The van der Waals surface area contributed by atoms with Crippen molar-refractivity contribution >= 4 is 11.7 Å². The highest BCUT2D eigenvalue weighted by atomic mass is 16.4. The van der Waals surface area contributed by atoms with Crippen LogP contribution >= 0.6 is 0 Å². The lowest BCUT2D eigenvalue weighted by molar-refractivity contribution is -0.255. The molecule has 13 heavy (non-hydrogen) atoms. The van der Waals surface area contributed by atoms with Crippen molar-refractivity contribution in [2.24, 2.45) is 7.05 Å². The van der Waals surface area contributed by atoms with Crippen molar-refractivity contribution in [2.45, 2.75) is 19.8 Å². The van der Waals surface area contributed by atoms with E-state index in [4.69, 9.17) is 5.73 Å². The van der Waals surface area contributed by atoms with Crippen LogP contribution < -0.4 is 10.8 Å². The molecule has 5 heteroatoms. The van der Waals surface area contributed by atoms with Gasteiger partial charge in [-0.05, 0) is 6.42 Å². The highest BCUT2D eigenvalue weighted by Gasteiger charge is 2.12. The average molecular weight is 182 g/mol. The van der Waals surface area contributed by atoms with Gasteiger partial charge >= 0.3 is 0 Å². The van der Waals surface area contributed by atoms with Crippen LogP contribution in [0.1, 0.15) is 29.5 Å². The summed E-state index contributed by atoms with van der Waals surface area (Å²) in [4.78, 5) is 10.6. The number of aryl methyl sites for hydroxylation is 2. The Hall–Kier alpha value is -1.52. The van der Waals surface area contributed by atoms with Crippen molar-refractivity contribution in [1.82, 2.24) is 9.78 Å². The molecule has 0 bridgehead atoms. The zero-order valence-electron chi connectivity index (χ0n) is 7.70. The number of nitrogens with two attached hydrogens (primary N) is 1. The second kappa shape index (κ2) is 3.47. The Labute approximate surface area is 76.2 Å². The molecule has 0 saturated heterocycles. The first-order chi connectivity index (χ1) is 6.07. The van der Waals surface area contributed by atoms with Crippen LogP contribution in [-0.2, 0) is 13.5 Å². The van der Waals surface area contributed by atoms with E-state index in [2.05, 4.69) is 5.10 Å². The molecule has 0 unspecified atom stereocenters. The van der Waals surface area contributed by atoms with Crippen LogP contribution in [0.2, 0.25) is 0 Å². The lowest BCUT2D eigenvalue weighted by atomic mass is 10.2. The fraction of sp³-hybridized carbons (Fsp3) is 0.500. The number of carboxylic acid groups (broad SMARTS) is 1. The normalized spacial score (nSPS) is 10.3. The van der Waals surface area contributed by atoms with Crippen molar-refractivity contribution in [3.05, 3.63) is 11.4 Å². The molecule has 1 rings (SSSR count). The highest BCUT2D eigenvalue weighted by Crippen LogP contribution is 2.16. The second-order valence-electron chi connectivity index (χ2n) is 2.87. The second-order valence-corrected chi connectivity index (χ2v) is 2.87. The standard InChI is InChI=1S/C8H13N3O2/c1-3-4-5-6(9)7(8(12)13)11(2)10-5/h3-4,9H2,1-2H3,(H,12,13)/p-1. The van der Waals surface area contributed by atoms with Gasteiger partial charge in [-0.2, -0.15) is 5.10 Å². The summed E-state index contributed by atoms with van der Waals surface area (Å²) in [6.07, 6.45) is 1.57. The first kappa shape index (κ1) is 9.57. The third kappa shape index (κ3) is 1.63. The minimum absolute atomic E-state index is 0.0385. The number of carboxylic acids is 1. The number of rotatable bonds is 3. The summed E-state index contributed by atoms with van der Waals surface area (Å²) in [6.45, 7) is 1.98. The highest BCUT2D eigenvalue weighted by molar-refractivity contribution is 5.90. The molecule has 0 aromatic carbocycles. The Morgan fingerprint density at radius 2 is 2.31 bits per heavy atom. The lowest BCUT2D eigenvalue weighted by Crippen LogP contribution is -2.26. The molecule has 5 nitrogen and oxygen atoms in total. The fourth-order valence-corrected chi connectivity index (χ4v) is 1.26. The largest absolute Gasteiger partial charge is 0.543 e. The van der Waals surface area contributed by atoms with Crippen LogP contribution in [0.3, 0.4) is 0 Å². The summed E-state index contributed by atoms with van der Waals surface area (Å²) in [5, 5.41) is 14.6. The third-order valence-corrected chi connectivity index (χ3v) is 1.84. The summed E-state index contributed by atoms with van der Waals surface area (Å²) in [5.41, 5.74) is 6.40. The van der Waals surface area contributed by atoms with Gasteiger partial charge in [-0.25, -0.2) is 0 Å². The molecule has 0 saturated carbocycles. The molecule has 1 aromatic heterocycles. The number of hydrogen-bond acceptors (Lipinski definition) is 4. The molecule has 2 N–H and O–H groups in total. The lowest BCUT2D eigenvalue weighted by Gasteiger charge is -2.02. The maximum Gasteiger partial charge on any atom is 0.107 e. The molecular formula is C8H12N3O2-. The summed E-state index contributed by atoms with van der Waals surface area (Å²) < 4.78 is 1.25. The Morgan fingerprint density at radius 1 is 1.69 bits per heavy atom. The van der Waals surface area contributed by atoms with Crippen LogP contribution in [0.4, 0.5) is 5.69 Å². The Bertz CT molecular complexity index is 330. The van der Waals surface area contributed by atoms with E-state index >= 15 is 0 Å². The first-order valence-corrected chi connectivity index (χ1v) is 4.10. The number of anilines is 1. The number of carbonyl (C=O) groups excluding carboxylic acids is 1. The summed E-state index contributed by atoms with van der Waals surface area (Å²) in [7, 11) is 1.54. The quantitative estimate of drug-likeness (QED) is 0.671. The minimum atomic E-state index is -1.28. The van der Waals surface area contributed by atoms with Crippen molar-refractivity contribution in [3.63, 3.8) is 0 Å². The number of nitrogen functional groups attached to an aromatic ring is 1. The van der Waals surface area contributed by atoms with Crippen LogP contribution in [0.5, 0.6) is 0 Å². The van der Waals surface area contributed by atoms with Gasteiger partial charge in [0.2, 0.25) is 0 Å². The molecule has 0 aliphatic carbocycles. The first-order valence-electron chi connectivity index (χ1n) is 4.10. The fourth-order valence-electron chi connectivity index (χ4n) is 1.26. The molecule has 72 valence electrons. The van der Waals surface area contributed by atoms with Crippen molar-refractivity contribution < 1.29 is 9.90 Å². The predicted octanol–water partition coefficient (Wildman–Crippen LogP) is -0.682. The van der Waals surface area contributed by atoms with Gasteiger partial charge in [0.25, 0.3) is 0 Å². The van der Waals surface area contributed by atoms with Crippen LogP contribution in [0.15, 0.2) is 0 Å². The molecule has 1 heterocycles. The van der Waals surface area contributed by atoms with Crippen LogP contribution in [0.25, 0.3) is 0 Å². The van der Waals surface area contributed by atoms with E-state index < -0.39 is 5.97 Å². The van der Waals surface area contributed by atoms with Crippen molar-refractivity contribution in [1.29, 1.82) is 0 Å². The van der Waals surface area contributed by atoms with Crippen LogP contribution in [-0.4, -0.2) is 15.7 Å². The van der Waals surface area contributed by atoms with Gasteiger partial charge in [-0.1, -0.05) is 13.3 Å². The maximum atomic E-state index is 10.6. The van der Waals surface area contributed by atoms with Crippen LogP contribution in [0, 0.1) is 0 Å². The van der Waals surface area contributed by atoms with E-state index in [-0.39, 0.29) is 11.4 Å². The monoisotopic (exact) mass is 182 g/mol. The van der Waals surface area contributed by atoms with Gasteiger partial charge in [-0.15, -0.1) is 0 Å². The minimum Gasteiger partial charge on any atom is -0.543 e. The molecule has 1 aromatic rings. The van der Waals surface area contributed by atoms with E-state index in [1.54, 1.807) is 7.05 Å². The van der Waals surface area contributed by atoms with Crippen molar-refractivity contribution in [3.8, 4) is 0 Å². The number of hydrogen-bond donors (Lipinski definition) is 1. The van der Waals surface area contributed by atoms with E-state index in [0.29, 0.717) is 12.1 Å². The molecule has 0 radical (unpaired) electrons. The summed E-state index contributed by atoms with van der Waals surface area (Å²) in [5.74, 6) is -1.28. The molecule has 0 atom stereocenters.